The first-order valence-electron chi connectivity index (χ1n) is 8.45. The molecule has 134 valence electrons. The number of amides is 1. The van der Waals surface area contributed by atoms with E-state index in [4.69, 9.17) is 4.42 Å². The average Bonchev–Trinajstić information content (AvgIpc) is 3.19. The van der Waals surface area contributed by atoms with Gasteiger partial charge in [0.15, 0.2) is 15.7 Å². The minimum Gasteiger partial charge on any atom is -0.441 e. The number of hydrogen-bond acceptors (Lipinski definition) is 6. The fraction of sp³-hybridized carbons (Fsp3) is 0.529. The van der Waals surface area contributed by atoms with Crippen LogP contribution in [0, 0.1) is 11.3 Å². The van der Waals surface area contributed by atoms with Gasteiger partial charge in [0.05, 0.1) is 11.5 Å². The van der Waals surface area contributed by atoms with E-state index in [0.717, 1.165) is 31.8 Å². The first-order chi connectivity index (χ1) is 12.0. The van der Waals surface area contributed by atoms with Gasteiger partial charge in [-0.3, -0.25) is 4.79 Å². The Morgan fingerprint density at radius 1 is 1.32 bits per heavy atom. The number of carbonyl (C=O) groups is 1. The van der Waals surface area contributed by atoms with Crippen LogP contribution in [0.5, 0.6) is 0 Å². The molecule has 0 bridgehead atoms. The molecule has 1 N–H and O–H groups in total. The number of sulfone groups is 1. The Labute approximate surface area is 147 Å². The van der Waals surface area contributed by atoms with Gasteiger partial charge < -0.3 is 14.6 Å². The number of nitriles is 1. The maximum Gasteiger partial charge on any atom is 0.262 e. The average molecular weight is 363 g/mol. The molecule has 0 radical (unpaired) electrons. The van der Waals surface area contributed by atoms with Crippen molar-refractivity contribution in [2.45, 2.75) is 31.7 Å². The van der Waals surface area contributed by atoms with Crippen LogP contribution < -0.4 is 10.2 Å². The number of furan rings is 1. The lowest BCUT2D eigenvalue weighted by atomic mass is 10.1. The molecule has 0 aliphatic carbocycles. The Hall–Kier alpha value is -2.27. The van der Waals surface area contributed by atoms with Crippen molar-refractivity contribution in [3.8, 4) is 6.07 Å². The molecule has 2 fully saturated rings. The predicted molar refractivity (Wildman–Crippen MR) is 93.6 cm³/mol. The fourth-order valence-corrected chi connectivity index (χ4v) is 4.84. The second-order valence-electron chi connectivity index (χ2n) is 6.47. The molecule has 1 aromatic heterocycles. The van der Waals surface area contributed by atoms with Crippen molar-refractivity contribution < 1.29 is 17.6 Å². The Morgan fingerprint density at radius 3 is 2.72 bits per heavy atom. The monoisotopic (exact) mass is 363 g/mol. The van der Waals surface area contributed by atoms with Crippen LogP contribution >= 0.6 is 0 Å². The van der Waals surface area contributed by atoms with Gasteiger partial charge in [-0.1, -0.05) is 0 Å². The van der Waals surface area contributed by atoms with Crippen molar-refractivity contribution in [2.75, 3.05) is 29.5 Å². The molecule has 1 atom stereocenters. The van der Waals surface area contributed by atoms with Gasteiger partial charge in [0.25, 0.3) is 5.91 Å². The third-order valence-corrected chi connectivity index (χ3v) is 6.27. The second kappa shape index (κ2) is 7.31. The molecule has 3 heterocycles. The highest BCUT2D eigenvalue weighted by Crippen LogP contribution is 2.24. The first-order valence-corrected chi connectivity index (χ1v) is 10.3. The summed E-state index contributed by atoms with van der Waals surface area (Å²) in [5.74, 6) is 0.607. The third-order valence-electron chi connectivity index (χ3n) is 4.50. The highest BCUT2D eigenvalue weighted by molar-refractivity contribution is 7.91. The van der Waals surface area contributed by atoms with E-state index in [1.807, 2.05) is 12.1 Å². The number of nitrogens with one attached hydrogen (secondary N) is 1. The summed E-state index contributed by atoms with van der Waals surface area (Å²) < 4.78 is 28.6. The van der Waals surface area contributed by atoms with Gasteiger partial charge in [0.1, 0.15) is 17.4 Å². The quantitative estimate of drug-likeness (QED) is 0.642. The van der Waals surface area contributed by atoms with Gasteiger partial charge >= 0.3 is 0 Å². The van der Waals surface area contributed by atoms with E-state index in [2.05, 4.69) is 10.2 Å². The smallest absolute Gasteiger partial charge is 0.262 e. The Balaban J connectivity index is 1.67. The summed E-state index contributed by atoms with van der Waals surface area (Å²) in [5.41, 5.74) is -0.0937. The molecule has 0 saturated carbocycles. The number of rotatable bonds is 4. The van der Waals surface area contributed by atoms with E-state index >= 15 is 0 Å². The molecule has 2 aliphatic rings. The minimum absolute atomic E-state index is 0.0704. The van der Waals surface area contributed by atoms with Crippen LogP contribution in [0.2, 0.25) is 0 Å². The summed E-state index contributed by atoms with van der Waals surface area (Å²) in [6.45, 7) is 1.89. The zero-order chi connectivity index (χ0) is 17.9. The number of piperidine rings is 1. The SMILES string of the molecule is N#C/C(=C\c1ccc(N2CCCCC2)o1)C(=O)N[C@@H]1CCS(=O)(=O)C1. The summed E-state index contributed by atoms with van der Waals surface area (Å²) >= 11 is 0. The van der Waals surface area contributed by atoms with E-state index < -0.39 is 21.8 Å². The van der Waals surface area contributed by atoms with Crippen LogP contribution in [0.15, 0.2) is 22.1 Å². The van der Waals surface area contributed by atoms with Crippen molar-refractivity contribution in [1.29, 1.82) is 5.26 Å². The van der Waals surface area contributed by atoms with E-state index in [9.17, 15) is 18.5 Å². The Kier molecular flexibility index (Phi) is 5.13. The summed E-state index contributed by atoms with van der Waals surface area (Å²) in [7, 11) is -3.08. The predicted octanol–water partition coefficient (Wildman–Crippen LogP) is 1.48. The number of nitrogens with zero attached hydrogens (tertiary/aromatic N) is 2. The second-order valence-corrected chi connectivity index (χ2v) is 8.70. The summed E-state index contributed by atoms with van der Waals surface area (Å²) in [5, 5.41) is 11.9. The van der Waals surface area contributed by atoms with Crippen molar-refractivity contribution in [3.63, 3.8) is 0 Å². The van der Waals surface area contributed by atoms with Crippen LogP contribution in [0.1, 0.15) is 31.4 Å². The number of anilines is 1. The first kappa shape index (κ1) is 17.5. The Bertz CT molecular complexity index is 813. The van der Waals surface area contributed by atoms with E-state index in [1.165, 1.54) is 12.5 Å². The van der Waals surface area contributed by atoms with E-state index in [1.54, 1.807) is 6.07 Å². The van der Waals surface area contributed by atoms with Crippen LogP contribution in [-0.4, -0.2) is 45.0 Å². The van der Waals surface area contributed by atoms with E-state index in [-0.39, 0.29) is 17.1 Å². The molecule has 25 heavy (non-hydrogen) atoms. The molecule has 7 nitrogen and oxygen atoms in total. The van der Waals surface area contributed by atoms with Crippen molar-refractivity contribution >= 4 is 27.7 Å². The Morgan fingerprint density at radius 2 is 2.08 bits per heavy atom. The summed E-state index contributed by atoms with van der Waals surface area (Å²) in [4.78, 5) is 14.4. The lowest BCUT2D eigenvalue weighted by Gasteiger charge is -2.25. The van der Waals surface area contributed by atoms with Crippen molar-refractivity contribution in [3.05, 3.63) is 23.5 Å². The van der Waals surface area contributed by atoms with E-state index in [0.29, 0.717) is 12.2 Å². The number of carbonyl (C=O) groups excluding carboxylic acids is 1. The molecule has 3 rings (SSSR count). The molecular formula is C17H21N3O4S. The standard InChI is InChI=1S/C17H21N3O4S/c18-11-13(17(21)19-14-6-9-25(22,23)12-14)10-15-4-5-16(24-15)20-7-2-1-3-8-20/h4-5,10,14H,1-3,6-9,12H2,(H,19,21)/b13-10+/t14-/m1/s1. The zero-order valence-electron chi connectivity index (χ0n) is 13.9. The summed E-state index contributed by atoms with van der Waals surface area (Å²) in [6, 6.07) is 5.00. The molecule has 0 unspecified atom stereocenters. The summed E-state index contributed by atoms with van der Waals surface area (Å²) in [6.07, 6.45) is 5.25. The third kappa shape index (κ3) is 4.42. The van der Waals surface area contributed by atoms with Gasteiger partial charge in [-0.25, -0.2) is 8.42 Å². The largest absolute Gasteiger partial charge is 0.441 e. The molecule has 1 amide bonds. The van der Waals surface area contributed by atoms with Gasteiger partial charge in [-0.2, -0.15) is 5.26 Å². The van der Waals surface area contributed by atoms with Crippen LogP contribution in [0.3, 0.4) is 0 Å². The molecule has 0 spiro atoms. The lowest BCUT2D eigenvalue weighted by molar-refractivity contribution is -0.117. The maximum atomic E-state index is 12.2. The zero-order valence-corrected chi connectivity index (χ0v) is 14.7. The molecule has 8 heteroatoms. The molecule has 2 saturated heterocycles. The highest BCUT2D eigenvalue weighted by Gasteiger charge is 2.29. The topological polar surface area (TPSA) is 103 Å². The molecule has 2 aliphatic heterocycles. The van der Waals surface area contributed by atoms with Gasteiger partial charge in [-0.05, 0) is 31.7 Å². The van der Waals surface area contributed by atoms with Crippen LogP contribution in [0.4, 0.5) is 5.88 Å². The number of hydrogen-bond donors (Lipinski definition) is 1. The van der Waals surface area contributed by atoms with Crippen LogP contribution in [-0.2, 0) is 14.6 Å². The van der Waals surface area contributed by atoms with Crippen molar-refractivity contribution in [1.82, 2.24) is 5.32 Å². The lowest BCUT2D eigenvalue weighted by Crippen LogP contribution is -2.36. The highest BCUT2D eigenvalue weighted by atomic mass is 32.2. The molecule has 0 aromatic carbocycles. The molecular weight excluding hydrogens is 342 g/mol. The van der Waals surface area contributed by atoms with Crippen molar-refractivity contribution in [2.24, 2.45) is 0 Å². The minimum atomic E-state index is -3.08. The van der Waals surface area contributed by atoms with Crippen LogP contribution in [0.25, 0.3) is 6.08 Å². The van der Waals surface area contributed by atoms with Gasteiger partial charge in [0, 0.05) is 31.3 Å². The fourth-order valence-electron chi connectivity index (χ4n) is 3.17. The van der Waals surface area contributed by atoms with Gasteiger partial charge in [0.2, 0.25) is 0 Å². The maximum absolute atomic E-state index is 12.2. The van der Waals surface area contributed by atoms with Gasteiger partial charge in [-0.15, -0.1) is 0 Å². The molecule has 1 aromatic rings. The normalized spacial score (nSPS) is 23.2.